The van der Waals surface area contributed by atoms with Gasteiger partial charge < -0.3 is 16.0 Å². The van der Waals surface area contributed by atoms with Crippen LogP contribution < -0.4 is 11.1 Å². The van der Waals surface area contributed by atoms with Gasteiger partial charge in [-0.15, -0.1) is 0 Å². The number of hydrogen-bond acceptors (Lipinski definition) is 3. The zero-order valence-electron chi connectivity index (χ0n) is 9.99. The Hall–Kier alpha value is -0.610. The van der Waals surface area contributed by atoms with Crippen LogP contribution in [0, 0.1) is 0 Å². The van der Waals surface area contributed by atoms with E-state index in [0.717, 1.165) is 12.8 Å². The highest BCUT2D eigenvalue weighted by atomic mass is 16.2. The number of nitrogens with zero attached hydrogens (tertiary/aromatic N) is 1. The summed E-state index contributed by atoms with van der Waals surface area (Å²) >= 11 is 0. The first kappa shape index (κ1) is 12.5. The Morgan fingerprint density at radius 1 is 1.40 bits per heavy atom. The fourth-order valence-electron chi connectivity index (χ4n) is 2.21. The van der Waals surface area contributed by atoms with Gasteiger partial charge in [0.25, 0.3) is 0 Å². The van der Waals surface area contributed by atoms with Gasteiger partial charge in [-0.3, -0.25) is 4.79 Å². The summed E-state index contributed by atoms with van der Waals surface area (Å²) in [6.07, 6.45) is 4.69. The Bertz CT molecular complexity index is 216. The molecule has 0 saturated heterocycles. The molecule has 1 aliphatic rings. The summed E-state index contributed by atoms with van der Waals surface area (Å²) in [7, 11) is 4.14. The first-order chi connectivity index (χ1) is 7.02. The van der Waals surface area contributed by atoms with Crippen LogP contribution in [0.3, 0.4) is 0 Å². The minimum atomic E-state index is -0.408. The molecule has 1 fully saturated rings. The third kappa shape index (κ3) is 3.47. The van der Waals surface area contributed by atoms with Crippen molar-refractivity contribution in [3.05, 3.63) is 0 Å². The zero-order valence-corrected chi connectivity index (χ0v) is 9.99. The van der Waals surface area contributed by atoms with Gasteiger partial charge in [0.05, 0.1) is 6.04 Å². The number of carbonyl (C=O) groups is 1. The summed E-state index contributed by atoms with van der Waals surface area (Å²) < 4.78 is 0. The molecule has 1 saturated carbocycles. The molecule has 0 radical (unpaired) electrons. The van der Waals surface area contributed by atoms with Crippen LogP contribution in [-0.4, -0.2) is 43.0 Å². The van der Waals surface area contributed by atoms with E-state index < -0.39 is 6.04 Å². The first-order valence-corrected chi connectivity index (χ1v) is 5.74. The number of likely N-dealkylation sites (N-methyl/N-ethyl adjacent to an activating group) is 1. The molecule has 4 nitrogen and oxygen atoms in total. The van der Waals surface area contributed by atoms with E-state index in [1.807, 2.05) is 0 Å². The van der Waals surface area contributed by atoms with Crippen LogP contribution in [0.15, 0.2) is 0 Å². The molecule has 15 heavy (non-hydrogen) atoms. The van der Waals surface area contributed by atoms with Crippen molar-refractivity contribution in [1.82, 2.24) is 10.2 Å². The highest BCUT2D eigenvalue weighted by Crippen LogP contribution is 2.21. The van der Waals surface area contributed by atoms with Crippen LogP contribution in [-0.2, 0) is 4.79 Å². The van der Waals surface area contributed by atoms with Gasteiger partial charge in [0, 0.05) is 12.1 Å². The second-order valence-corrected chi connectivity index (χ2v) is 4.72. The molecule has 0 bridgehead atoms. The smallest absolute Gasteiger partial charge is 0.236 e. The third-order valence-corrected chi connectivity index (χ3v) is 3.13. The molecule has 0 aromatic carbocycles. The normalized spacial score (nSPS) is 28.9. The average molecular weight is 213 g/mol. The minimum Gasteiger partial charge on any atom is -0.350 e. The van der Waals surface area contributed by atoms with E-state index in [1.54, 1.807) is 6.92 Å². The maximum Gasteiger partial charge on any atom is 0.236 e. The Kier molecular flexibility index (Phi) is 4.54. The van der Waals surface area contributed by atoms with E-state index in [9.17, 15) is 4.79 Å². The standard InChI is InChI=1S/C11H23N3O/c1-8(12)11(15)13-9-6-4-5-7-10(9)14(2)3/h8-10H,4-7,12H2,1-3H3,(H,13,15)/t8-,9-,10+/m0/s1. The number of carbonyl (C=O) groups excluding carboxylic acids is 1. The lowest BCUT2D eigenvalue weighted by atomic mass is 9.89. The molecular weight excluding hydrogens is 190 g/mol. The number of hydrogen-bond donors (Lipinski definition) is 2. The number of rotatable bonds is 3. The van der Waals surface area contributed by atoms with Crippen LogP contribution >= 0.6 is 0 Å². The summed E-state index contributed by atoms with van der Waals surface area (Å²) in [6.45, 7) is 1.73. The fourth-order valence-corrected chi connectivity index (χ4v) is 2.21. The van der Waals surface area contributed by atoms with Crippen LogP contribution in [0.2, 0.25) is 0 Å². The molecule has 0 aromatic rings. The van der Waals surface area contributed by atoms with Crippen molar-refractivity contribution >= 4 is 5.91 Å². The van der Waals surface area contributed by atoms with Crippen molar-refractivity contribution in [3.8, 4) is 0 Å². The van der Waals surface area contributed by atoms with Gasteiger partial charge in [-0.05, 0) is 33.9 Å². The van der Waals surface area contributed by atoms with E-state index in [4.69, 9.17) is 5.73 Å². The molecule has 1 aliphatic carbocycles. The molecule has 0 spiro atoms. The lowest BCUT2D eigenvalue weighted by molar-refractivity contribution is -0.123. The minimum absolute atomic E-state index is 0.0336. The maximum absolute atomic E-state index is 11.5. The highest BCUT2D eigenvalue weighted by Gasteiger charge is 2.28. The van der Waals surface area contributed by atoms with Crippen LogP contribution in [0.5, 0.6) is 0 Å². The molecule has 88 valence electrons. The Morgan fingerprint density at radius 2 is 2.00 bits per heavy atom. The predicted molar refractivity (Wildman–Crippen MR) is 61.5 cm³/mol. The molecule has 1 amide bonds. The van der Waals surface area contributed by atoms with Gasteiger partial charge in [0.1, 0.15) is 0 Å². The topological polar surface area (TPSA) is 58.4 Å². The summed E-state index contributed by atoms with van der Waals surface area (Å²) in [4.78, 5) is 13.7. The van der Waals surface area contributed by atoms with Crippen LogP contribution in [0.4, 0.5) is 0 Å². The monoisotopic (exact) mass is 213 g/mol. The molecule has 0 heterocycles. The number of nitrogens with two attached hydrogens (primary N) is 1. The van der Waals surface area contributed by atoms with Crippen molar-refractivity contribution in [2.24, 2.45) is 5.73 Å². The van der Waals surface area contributed by atoms with E-state index in [1.165, 1.54) is 12.8 Å². The Morgan fingerprint density at radius 3 is 2.53 bits per heavy atom. The molecule has 0 unspecified atom stereocenters. The average Bonchev–Trinajstić information content (AvgIpc) is 2.18. The van der Waals surface area contributed by atoms with Gasteiger partial charge in [-0.25, -0.2) is 0 Å². The maximum atomic E-state index is 11.5. The number of nitrogens with one attached hydrogen (secondary N) is 1. The molecule has 4 heteroatoms. The lowest BCUT2D eigenvalue weighted by Crippen LogP contribution is -2.54. The molecule has 0 aromatic heterocycles. The van der Waals surface area contributed by atoms with Crippen molar-refractivity contribution in [1.29, 1.82) is 0 Å². The second-order valence-electron chi connectivity index (χ2n) is 4.72. The summed E-state index contributed by atoms with van der Waals surface area (Å²) in [6, 6.07) is 0.323. The summed E-state index contributed by atoms with van der Waals surface area (Å²) in [5.41, 5.74) is 5.55. The number of amides is 1. The lowest BCUT2D eigenvalue weighted by Gasteiger charge is -2.36. The van der Waals surface area contributed by atoms with Crippen molar-refractivity contribution < 1.29 is 4.79 Å². The van der Waals surface area contributed by atoms with Gasteiger partial charge in [0.2, 0.25) is 5.91 Å². The van der Waals surface area contributed by atoms with E-state index in [2.05, 4.69) is 24.3 Å². The SMILES string of the molecule is C[C@H](N)C(=O)N[C@H]1CCCC[C@H]1N(C)C. The van der Waals surface area contributed by atoms with Crippen LogP contribution in [0.25, 0.3) is 0 Å². The first-order valence-electron chi connectivity index (χ1n) is 5.74. The molecule has 1 rings (SSSR count). The predicted octanol–water partition coefficient (Wildman–Crippen LogP) is 0.323. The molecule has 3 N–H and O–H groups in total. The third-order valence-electron chi connectivity index (χ3n) is 3.13. The van der Waals surface area contributed by atoms with E-state index in [0.29, 0.717) is 6.04 Å². The van der Waals surface area contributed by atoms with Crippen LogP contribution in [0.1, 0.15) is 32.6 Å². The Labute approximate surface area is 92.2 Å². The summed E-state index contributed by atoms with van der Waals surface area (Å²) in [5.74, 6) is -0.0336. The van der Waals surface area contributed by atoms with Gasteiger partial charge >= 0.3 is 0 Å². The van der Waals surface area contributed by atoms with E-state index >= 15 is 0 Å². The summed E-state index contributed by atoms with van der Waals surface area (Å²) in [5, 5.41) is 3.04. The van der Waals surface area contributed by atoms with Crippen molar-refractivity contribution in [2.45, 2.75) is 50.7 Å². The van der Waals surface area contributed by atoms with Gasteiger partial charge in [0.15, 0.2) is 0 Å². The largest absolute Gasteiger partial charge is 0.350 e. The second kappa shape index (κ2) is 5.47. The molecule has 3 atom stereocenters. The van der Waals surface area contributed by atoms with Crippen molar-refractivity contribution in [2.75, 3.05) is 14.1 Å². The fraction of sp³-hybridized carbons (Fsp3) is 0.909. The molecular formula is C11H23N3O. The molecule has 0 aliphatic heterocycles. The van der Waals surface area contributed by atoms with E-state index in [-0.39, 0.29) is 11.9 Å². The van der Waals surface area contributed by atoms with Gasteiger partial charge in [-0.1, -0.05) is 12.8 Å². The Balaban J connectivity index is 2.53. The van der Waals surface area contributed by atoms with Crippen molar-refractivity contribution in [3.63, 3.8) is 0 Å². The quantitative estimate of drug-likeness (QED) is 0.710. The highest BCUT2D eigenvalue weighted by molar-refractivity contribution is 5.81. The van der Waals surface area contributed by atoms with Gasteiger partial charge in [-0.2, -0.15) is 0 Å². The zero-order chi connectivity index (χ0) is 11.4.